The van der Waals surface area contributed by atoms with Crippen molar-refractivity contribution < 1.29 is 9.53 Å². The van der Waals surface area contributed by atoms with Gasteiger partial charge in [-0.1, -0.05) is 0 Å². The molecule has 2 heterocycles. The summed E-state index contributed by atoms with van der Waals surface area (Å²) >= 11 is 0. The monoisotopic (exact) mass is 289 g/mol. The maximum Gasteiger partial charge on any atom is 0.271 e. The fraction of sp³-hybridized carbons (Fsp3) is 0.429. The summed E-state index contributed by atoms with van der Waals surface area (Å²) in [5.41, 5.74) is 2.14. The topological polar surface area (TPSA) is 81.9 Å². The molecule has 112 valence electrons. The summed E-state index contributed by atoms with van der Waals surface area (Å²) in [6, 6.07) is 0. The first-order valence-electron chi connectivity index (χ1n) is 6.68. The van der Waals surface area contributed by atoms with Crippen molar-refractivity contribution in [2.75, 3.05) is 13.7 Å². The minimum absolute atomic E-state index is 0.228. The van der Waals surface area contributed by atoms with Crippen LogP contribution in [0, 0.1) is 13.8 Å². The molecule has 2 rings (SSSR count). The number of ether oxygens (including phenoxy) is 1. The maximum absolute atomic E-state index is 11.9. The second-order valence-electron chi connectivity index (χ2n) is 4.70. The molecule has 7 nitrogen and oxygen atoms in total. The van der Waals surface area contributed by atoms with Gasteiger partial charge >= 0.3 is 0 Å². The van der Waals surface area contributed by atoms with E-state index in [9.17, 15) is 4.79 Å². The highest BCUT2D eigenvalue weighted by molar-refractivity contribution is 5.91. The molecule has 0 aromatic carbocycles. The van der Waals surface area contributed by atoms with Crippen LogP contribution in [-0.2, 0) is 17.9 Å². The number of aromatic nitrogens is 4. The third kappa shape index (κ3) is 3.85. The molecule has 0 unspecified atom stereocenters. The van der Waals surface area contributed by atoms with Crippen LogP contribution in [0.3, 0.4) is 0 Å². The molecule has 21 heavy (non-hydrogen) atoms. The Morgan fingerprint density at radius 2 is 2.05 bits per heavy atom. The van der Waals surface area contributed by atoms with Gasteiger partial charge < -0.3 is 14.6 Å². The zero-order valence-electron chi connectivity index (χ0n) is 12.5. The van der Waals surface area contributed by atoms with E-state index in [0.717, 1.165) is 17.2 Å². The van der Waals surface area contributed by atoms with Gasteiger partial charge in [-0.3, -0.25) is 9.78 Å². The van der Waals surface area contributed by atoms with Crippen LogP contribution in [0.2, 0.25) is 0 Å². The van der Waals surface area contributed by atoms with Crippen molar-refractivity contribution in [1.29, 1.82) is 0 Å². The second-order valence-corrected chi connectivity index (χ2v) is 4.70. The fourth-order valence-corrected chi connectivity index (χ4v) is 1.94. The Hall–Kier alpha value is -2.28. The Labute approximate surface area is 123 Å². The maximum atomic E-state index is 11.9. The quantitative estimate of drug-likeness (QED) is 0.853. The van der Waals surface area contributed by atoms with E-state index in [1.165, 1.54) is 6.20 Å². The largest absolute Gasteiger partial charge is 0.377 e. The molecular weight excluding hydrogens is 270 g/mol. The minimum Gasteiger partial charge on any atom is -0.377 e. The Kier molecular flexibility index (Phi) is 4.99. The lowest BCUT2D eigenvalue weighted by Crippen LogP contribution is -2.28. The van der Waals surface area contributed by atoms with Gasteiger partial charge in [-0.2, -0.15) is 0 Å². The number of amides is 1. The van der Waals surface area contributed by atoms with Gasteiger partial charge in [-0.15, -0.1) is 0 Å². The lowest BCUT2D eigenvalue weighted by Gasteiger charge is -2.10. The van der Waals surface area contributed by atoms with E-state index in [-0.39, 0.29) is 5.91 Å². The first-order valence-corrected chi connectivity index (χ1v) is 6.68. The van der Waals surface area contributed by atoms with E-state index in [2.05, 4.69) is 20.3 Å². The van der Waals surface area contributed by atoms with Crippen molar-refractivity contribution in [3.63, 3.8) is 0 Å². The number of hydrogen-bond acceptors (Lipinski definition) is 5. The molecule has 0 aliphatic heterocycles. The molecule has 1 N–H and O–H groups in total. The van der Waals surface area contributed by atoms with E-state index in [1.807, 2.05) is 18.4 Å². The zero-order valence-corrected chi connectivity index (χ0v) is 12.5. The molecular formula is C14H19N5O2. The van der Waals surface area contributed by atoms with E-state index in [0.29, 0.717) is 25.4 Å². The zero-order chi connectivity index (χ0) is 15.2. The van der Waals surface area contributed by atoms with Gasteiger partial charge in [0.25, 0.3) is 5.91 Å². The molecule has 0 saturated heterocycles. The first-order chi connectivity index (χ1) is 10.1. The Morgan fingerprint density at radius 3 is 2.71 bits per heavy atom. The van der Waals surface area contributed by atoms with Crippen molar-refractivity contribution in [3.8, 4) is 0 Å². The van der Waals surface area contributed by atoms with Gasteiger partial charge in [-0.25, -0.2) is 9.97 Å². The number of aryl methyl sites for hydroxylation is 2. The van der Waals surface area contributed by atoms with Crippen molar-refractivity contribution in [1.82, 2.24) is 24.8 Å². The Morgan fingerprint density at radius 1 is 1.24 bits per heavy atom. The molecule has 7 heteroatoms. The van der Waals surface area contributed by atoms with Crippen LogP contribution in [0.15, 0.2) is 18.6 Å². The molecule has 0 aliphatic carbocycles. The summed E-state index contributed by atoms with van der Waals surface area (Å²) in [4.78, 5) is 24.3. The molecule has 0 saturated carbocycles. The highest BCUT2D eigenvalue weighted by Gasteiger charge is 2.09. The SMILES string of the molecule is COCc1ncc(C)n1CCNC(=O)c1cnc(C)cn1. The average molecular weight is 289 g/mol. The van der Waals surface area contributed by atoms with Crippen molar-refractivity contribution >= 4 is 5.91 Å². The lowest BCUT2D eigenvalue weighted by atomic mass is 10.4. The third-order valence-electron chi connectivity index (χ3n) is 3.05. The van der Waals surface area contributed by atoms with Gasteiger partial charge in [0, 0.05) is 38.3 Å². The fourth-order valence-electron chi connectivity index (χ4n) is 1.94. The van der Waals surface area contributed by atoms with Gasteiger partial charge in [0.2, 0.25) is 0 Å². The Balaban J connectivity index is 1.91. The third-order valence-corrected chi connectivity index (χ3v) is 3.05. The van der Waals surface area contributed by atoms with Crippen molar-refractivity contribution in [2.45, 2.75) is 27.0 Å². The molecule has 0 fully saturated rings. The summed E-state index contributed by atoms with van der Waals surface area (Å²) in [7, 11) is 1.63. The van der Waals surface area contributed by atoms with Crippen molar-refractivity contribution in [2.24, 2.45) is 0 Å². The number of nitrogens with one attached hydrogen (secondary N) is 1. The van der Waals surface area contributed by atoms with Crippen LogP contribution < -0.4 is 5.32 Å². The molecule has 0 radical (unpaired) electrons. The summed E-state index contributed by atoms with van der Waals surface area (Å²) < 4.78 is 7.12. The second kappa shape index (κ2) is 6.94. The summed E-state index contributed by atoms with van der Waals surface area (Å²) in [5, 5.41) is 2.82. The van der Waals surface area contributed by atoms with Gasteiger partial charge in [-0.05, 0) is 13.8 Å². The van der Waals surface area contributed by atoms with E-state index >= 15 is 0 Å². The van der Waals surface area contributed by atoms with E-state index < -0.39 is 0 Å². The predicted molar refractivity (Wildman–Crippen MR) is 76.8 cm³/mol. The minimum atomic E-state index is -0.228. The molecule has 0 aliphatic rings. The lowest BCUT2D eigenvalue weighted by molar-refractivity contribution is 0.0946. The summed E-state index contributed by atoms with van der Waals surface area (Å²) in [6.45, 7) is 5.37. The van der Waals surface area contributed by atoms with Gasteiger partial charge in [0.05, 0.1) is 11.9 Å². The van der Waals surface area contributed by atoms with Gasteiger partial charge in [0.15, 0.2) is 0 Å². The smallest absolute Gasteiger partial charge is 0.271 e. The highest BCUT2D eigenvalue weighted by atomic mass is 16.5. The van der Waals surface area contributed by atoms with E-state index in [1.54, 1.807) is 19.5 Å². The number of methoxy groups -OCH3 is 1. The number of nitrogens with zero attached hydrogens (tertiary/aromatic N) is 4. The molecule has 1 amide bonds. The van der Waals surface area contributed by atoms with Crippen LogP contribution in [0.4, 0.5) is 0 Å². The van der Waals surface area contributed by atoms with Crippen LogP contribution >= 0.6 is 0 Å². The van der Waals surface area contributed by atoms with Crippen LogP contribution in [0.5, 0.6) is 0 Å². The van der Waals surface area contributed by atoms with Crippen LogP contribution in [0.25, 0.3) is 0 Å². The Bertz CT molecular complexity index is 606. The summed E-state index contributed by atoms with van der Waals surface area (Å²) in [5.74, 6) is 0.618. The molecule has 0 bridgehead atoms. The number of imidazole rings is 1. The number of carbonyl (C=O) groups excluding carboxylic acids is 1. The molecule has 2 aromatic heterocycles. The molecule has 0 atom stereocenters. The van der Waals surface area contributed by atoms with Gasteiger partial charge in [0.1, 0.15) is 18.1 Å². The normalized spacial score (nSPS) is 10.6. The summed E-state index contributed by atoms with van der Waals surface area (Å²) in [6.07, 6.45) is 4.84. The predicted octanol–water partition coefficient (Wildman–Crippen LogP) is 0.866. The van der Waals surface area contributed by atoms with E-state index in [4.69, 9.17) is 4.74 Å². The van der Waals surface area contributed by atoms with Crippen molar-refractivity contribution in [3.05, 3.63) is 41.5 Å². The number of rotatable bonds is 6. The average Bonchev–Trinajstić information content (AvgIpc) is 2.81. The standard InChI is InChI=1S/C14H19N5O2/c1-10-6-17-12(8-16-10)14(20)15-4-5-19-11(2)7-18-13(19)9-21-3/h6-8H,4-5,9H2,1-3H3,(H,15,20). The number of carbonyl (C=O) groups is 1. The van der Waals surface area contributed by atoms with Crippen LogP contribution in [0.1, 0.15) is 27.7 Å². The van der Waals surface area contributed by atoms with Crippen LogP contribution in [-0.4, -0.2) is 39.1 Å². The highest BCUT2D eigenvalue weighted by Crippen LogP contribution is 2.05. The first kappa shape index (κ1) is 15.1. The molecule has 2 aromatic rings. The number of hydrogen-bond donors (Lipinski definition) is 1. The molecule has 0 spiro atoms.